The lowest BCUT2D eigenvalue weighted by molar-refractivity contribution is 0.800. The lowest BCUT2D eigenvalue weighted by Crippen LogP contribution is -2.12. The van der Waals surface area contributed by atoms with Gasteiger partial charge in [-0.15, -0.1) is 0 Å². The molecule has 0 aliphatic heterocycles. The van der Waals surface area contributed by atoms with Crippen LogP contribution in [-0.2, 0) is 0 Å². The molecule has 4 nitrogen and oxygen atoms in total. The molecule has 1 aromatic heterocycles. The monoisotopic (exact) mass is 348 g/mol. The molecule has 0 radical (unpaired) electrons. The maximum absolute atomic E-state index is 4.30. The minimum atomic E-state index is 0.417. The van der Waals surface area contributed by atoms with Crippen molar-refractivity contribution in [1.82, 2.24) is 9.97 Å². The van der Waals surface area contributed by atoms with Gasteiger partial charge in [0.1, 0.15) is 22.4 Å². The van der Waals surface area contributed by atoms with Crippen molar-refractivity contribution in [1.29, 1.82) is 0 Å². The predicted molar refractivity (Wildman–Crippen MR) is 91.9 cm³/mol. The van der Waals surface area contributed by atoms with Crippen molar-refractivity contribution < 1.29 is 0 Å². The molecule has 2 aromatic rings. The van der Waals surface area contributed by atoms with Gasteiger partial charge in [-0.25, -0.2) is 9.97 Å². The molecule has 0 spiro atoms. The van der Waals surface area contributed by atoms with Crippen molar-refractivity contribution in [3.63, 3.8) is 0 Å². The quantitative estimate of drug-likeness (QED) is 0.784. The molecule has 0 aliphatic carbocycles. The van der Waals surface area contributed by atoms with Gasteiger partial charge in [0.25, 0.3) is 0 Å². The fourth-order valence-corrected chi connectivity index (χ4v) is 2.49. The highest BCUT2D eigenvalue weighted by molar-refractivity contribution is 9.10. The number of rotatable bonds is 7. The maximum Gasteiger partial charge on any atom is 0.145 e. The van der Waals surface area contributed by atoms with Crippen LogP contribution >= 0.6 is 15.9 Å². The Bertz CT molecular complexity index is 559. The van der Waals surface area contributed by atoms with Crippen molar-refractivity contribution in [3.05, 3.63) is 46.7 Å². The third-order valence-corrected chi connectivity index (χ3v) is 4.03. The average Bonchev–Trinajstić information content (AvgIpc) is 2.53. The third-order valence-electron chi connectivity index (χ3n) is 3.28. The minimum Gasteiger partial charge on any atom is -0.369 e. The van der Waals surface area contributed by atoms with Crippen LogP contribution in [0.15, 0.2) is 41.1 Å². The smallest absolute Gasteiger partial charge is 0.145 e. The summed E-state index contributed by atoms with van der Waals surface area (Å²) in [5.41, 5.74) is 1.32. The summed E-state index contributed by atoms with van der Waals surface area (Å²) in [6, 6.07) is 10.5. The van der Waals surface area contributed by atoms with Gasteiger partial charge in [0.2, 0.25) is 0 Å². The summed E-state index contributed by atoms with van der Waals surface area (Å²) in [6.07, 6.45) is 2.64. The van der Waals surface area contributed by atoms with Crippen molar-refractivity contribution in [2.45, 2.75) is 26.2 Å². The van der Waals surface area contributed by atoms with Gasteiger partial charge in [0.05, 0.1) is 0 Å². The Kier molecular flexibility index (Phi) is 5.99. The maximum atomic E-state index is 4.30. The number of benzene rings is 1. The van der Waals surface area contributed by atoms with E-state index in [1.165, 1.54) is 5.56 Å². The highest BCUT2D eigenvalue weighted by Crippen LogP contribution is 2.27. The molecule has 112 valence electrons. The summed E-state index contributed by atoms with van der Waals surface area (Å²) < 4.78 is 0.888. The molecular formula is C16H21BrN4. The molecule has 1 unspecified atom stereocenters. The summed E-state index contributed by atoms with van der Waals surface area (Å²) in [4.78, 5) is 8.56. The Hall–Kier alpha value is -1.62. The summed E-state index contributed by atoms with van der Waals surface area (Å²) in [5, 5.41) is 6.67. The first-order valence-corrected chi connectivity index (χ1v) is 8.04. The first-order chi connectivity index (χ1) is 10.2. The molecule has 1 heterocycles. The van der Waals surface area contributed by atoms with Crippen LogP contribution in [0.3, 0.4) is 0 Å². The van der Waals surface area contributed by atoms with E-state index in [1.807, 2.05) is 6.07 Å². The van der Waals surface area contributed by atoms with Crippen molar-refractivity contribution in [2.75, 3.05) is 23.7 Å². The number of hydrogen-bond acceptors (Lipinski definition) is 4. The van der Waals surface area contributed by atoms with E-state index in [1.54, 1.807) is 6.33 Å². The second-order valence-electron chi connectivity index (χ2n) is 5.00. The summed E-state index contributed by atoms with van der Waals surface area (Å²) in [7, 11) is 0. The Labute approximate surface area is 134 Å². The van der Waals surface area contributed by atoms with Crippen LogP contribution in [0.5, 0.6) is 0 Å². The molecule has 1 aromatic carbocycles. The van der Waals surface area contributed by atoms with Gasteiger partial charge in [0.15, 0.2) is 0 Å². The second-order valence-corrected chi connectivity index (χ2v) is 5.80. The van der Waals surface area contributed by atoms with Crippen LogP contribution < -0.4 is 10.6 Å². The first kappa shape index (κ1) is 15.8. The lowest BCUT2D eigenvalue weighted by Gasteiger charge is -2.15. The zero-order valence-corrected chi connectivity index (χ0v) is 14.0. The van der Waals surface area contributed by atoms with Crippen LogP contribution in [0.4, 0.5) is 11.6 Å². The second kappa shape index (κ2) is 7.98. The number of hydrogen-bond donors (Lipinski definition) is 2. The van der Waals surface area contributed by atoms with Crippen molar-refractivity contribution >= 4 is 27.6 Å². The van der Waals surface area contributed by atoms with E-state index in [0.717, 1.165) is 35.6 Å². The standard InChI is InChI=1S/C16H21BrN4/c1-3-9-18-15-14(17)16(21-11-20-15)19-10-12(2)13-7-5-4-6-8-13/h4-8,11-12H,3,9-10H2,1-2H3,(H2,18,19,20,21). The molecule has 0 fully saturated rings. The number of aromatic nitrogens is 2. The predicted octanol–water partition coefficient (Wildman–Crippen LogP) is 4.28. The van der Waals surface area contributed by atoms with Gasteiger partial charge in [-0.05, 0) is 33.8 Å². The van der Waals surface area contributed by atoms with E-state index < -0.39 is 0 Å². The average molecular weight is 349 g/mol. The van der Waals surface area contributed by atoms with Gasteiger partial charge in [-0.3, -0.25) is 0 Å². The molecule has 1 atom stereocenters. The number of halogens is 1. The van der Waals surface area contributed by atoms with Gasteiger partial charge in [-0.2, -0.15) is 0 Å². The van der Waals surface area contributed by atoms with Gasteiger partial charge < -0.3 is 10.6 Å². The lowest BCUT2D eigenvalue weighted by atomic mass is 10.0. The van der Waals surface area contributed by atoms with Gasteiger partial charge >= 0.3 is 0 Å². The minimum absolute atomic E-state index is 0.417. The van der Waals surface area contributed by atoms with E-state index in [4.69, 9.17) is 0 Å². The molecule has 2 rings (SSSR count). The van der Waals surface area contributed by atoms with E-state index in [2.05, 4.69) is 74.6 Å². The van der Waals surface area contributed by atoms with Gasteiger partial charge in [-0.1, -0.05) is 44.2 Å². The molecular weight excluding hydrogens is 328 g/mol. The number of anilines is 2. The van der Waals surface area contributed by atoms with Crippen LogP contribution in [0.2, 0.25) is 0 Å². The zero-order valence-electron chi connectivity index (χ0n) is 12.4. The van der Waals surface area contributed by atoms with Crippen LogP contribution in [-0.4, -0.2) is 23.1 Å². The molecule has 2 N–H and O–H groups in total. The summed E-state index contributed by atoms with van der Waals surface area (Å²) in [5.74, 6) is 2.08. The molecule has 21 heavy (non-hydrogen) atoms. The first-order valence-electron chi connectivity index (χ1n) is 7.25. The number of nitrogens with one attached hydrogen (secondary N) is 2. The molecule has 0 bridgehead atoms. The van der Waals surface area contributed by atoms with Gasteiger partial charge in [0, 0.05) is 13.1 Å². The third kappa shape index (κ3) is 4.43. The Morgan fingerprint density at radius 2 is 1.76 bits per heavy atom. The molecule has 0 aliphatic rings. The topological polar surface area (TPSA) is 49.8 Å². The zero-order chi connectivity index (χ0) is 15.1. The molecule has 0 saturated heterocycles. The summed E-state index contributed by atoms with van der Waals surface area (Å²) in [6.45, 7) is 6.05. The molecule has 0 saturated carbocycles. The molecule has 0 amide bonds. The normalized spacial score (nSPS) is 12.0. The highest BCUT2D eigenvalue weighted by Gasteiger charge is 2.10. The Morgan fingerprint density at radius 1 is 1.10 bits per heavy atom. The van der Waals surface area contributed by atoms with Crippen LogP contribution in [0, 0.1) is 0 Å². The van der Waals surface area contributed by atoms with Crippen LogP contribution in [0.25, 0.3) is 0 Å². The largest absolute Gasteiger partial charge is 0.369 e. The summed E-state index contributed by atoms with van der Waals surface area (Å²) >= 11 is 3.57. The number of nitrogens with zero attached hydrogens (tertiary/aromatic N) is 2. The van der Waals surface area contributed by atoms with Crippen molar-refractivity contribution in [3.8, 4) is 0 Å². The fourth-order valence-electron chi connectivity index (χ4n) is 2.01. The fraction of sp³-hybridized carbons (Fsp3) is 0.375. The van der Waals surface area contributed by atoms with Crippen molar-refractivity contribution in [2.24, 2.45) is 0 Å². The highest BCUT2D eigenvalue weighted by atomic mass is 79.9. The Morgan fingerprint density at radius 3 is 2.43 bits per heavy atom. The molecule has 5 heteroatoms. The van der Waals surface area contributed by atoms with E-state index in [9.17, 15) is 0 Å². The van der Waals surface area contributed by atoms with E-state index in [0.29, 0.717) is 5.92 Å². The van der Waals surface area contributed by atoms with E-state index >= 15 is 0 Å². The Balaban J connectivity index is 2.00. The SMILES string of the molecule is CCCNc1ncnc(NCC(C)c2ccccc2)c1Br. The van der Waals surface area contributed by atoms with E-state index in [-0.39, 0.29) is 0 Å². The van der Waals surface area contributed by atoms with Crippen LogP contribution in [0.1, 0.15) is 31.7 Å².